The molecule has 2 N–H and O–H groups in total. The first-order chi connectivity index (χ1) is 21.6. The lowest BCUT2D eigenvalue weighted by Crippen LogP contribution is -2.36. The number of pyridine rings is 1. The van der Waals surface area contributed by atoms with Crippen molar-refractivity contribution in [3.05, 3.63) is 57.7 Å². The predicted octanol–water partition coefficient (Wildman–Crippen LogP) is 6.62. The van der Waals surface area contributed by atoms with Crippen molar-refractivity contribution in [3.8, 4) is 0 Å². The summed E-state index contributed by atoms with van der Waals surface area (Å²) in [4.78, 5) is 40.3. The average Bonchev–Trinajstić information content (AvgIpc) is 3.45. The lowest BCUT2D eigenvalue weighted by molar-refractivity contribution is 0.0805. The number of likely N-dealkylation sites (tertiary alicyclic amines) is 1. The zero-order valence-corrected chi connectivity index (χ0v) is 28.1. The second-order valence-corrected chi connectivity index (χ2v) is 15.9. The zero-order valence-electron chi connectivity index (χ0n) is 27.3. The van der Waals surface area contributed by atoms with E-state index in [4.69, 9.17) is 9.97 Å². The molecule has 2 atom stereocenters. The number of hydrogen-bond donors (Lipinski definition) is 2. The normalized spacial score (nSPS) is 21.1. The highest BCUT2D eigenvalue weighted by atomic mass is 32.1. The fourth-order valence-electron chi connectivity index (χ4n) is 7.48. The Bertz CT molecular complexity index is 1500. The number of ketones is 2. The Balaban J connectivity index is 1.20. The molecule has 0 spiro atoms. The van der Waals surface area contributed by atoms with Crippen molar-refractivity contribution >= 4 is 33.3 Å². The smallest absolute Gasteiger partial charge is 0.192 e. The van der Waals surface area contributed by atoms with Gasteiger partial charge in [0.1, 0.15) is 10.3 Å². The highest BCUT2D eigenvalue weighted by Crippen LogP contribution is 2.38. The van der Waals surface area contributed by atoms with Crippen LogP contribution in [0.15, 0.2) is 30.3 Å². The Morgan fingerprint density at radius 2 is 1.82 bits per heavy atom. The van der Waals surface area contributed by atoms with Gasteiger partial charge in [-0.25, -0.2) is 9.97 Å². The SMILES string of the molecule is CC(C)(C)[C@H]1CCc2nc3sc(C(=O)C[C@H](CCN4CCC(O)CC4)c4cccc(C(=O)CC5CCNCC5)c4)nc3cc2C1. The number of nitrogens with one attached hydrogen (secondary N) is 1. The number of thiazole rings is 1. The van der Waals surface area contributed by atoms with Gasteiger partial charge in [-0.05, 0) is 117 Å². The van der Waals surface area contributed by atoms with Crippen LogP contribution >= 0.6 is 11.3 Å². The summed E-state index contributed by atoms with van der Waals surface area (Å²) in [5, 5.41) is 13.9. The second kappa shape index (κ2) is 14.1. The van der Waals surface area contributed by atoms with Gasteiger partial charge in [0.2, 0.25) is 0 Å². The molecule has 4 heterocycles. The molecule has 0 amide bonds. The first-order valence-electron chi connectivity index (χ1n) is 17.2. The monoisotopic (exact) mass is 630 g/mol. The Kier molecular flexibility index (Phi) is 10.1. The van der Waals surface area contributed by atoms with Crippen molar-refractivity contribution < 1.29 is 14.7 Å². The molecule has 2 fully saturated rings. The highest BCUT2D eigenvalue weighted by molar-refractivity contribution is 7.19. The Morgan fingerprint density at radius 3 is 2.58 bits per heavy atom. The molecule has 2 aromatic heterocycles. The van der Waals surface area contributed by atoms with Gasteiger partial charge in [0, 0.05) is 37.2 Å². The van der Waals surface area contributed by atoms with Crippen LogP contribution in [0.5, 0.6) is 0 Å². The predicted molar refractivity (Wildman–Crippen MR) is 181 cm³/mol. The Labute approximate surface area is 272 Å². The van der Waals surface area contributed by atoms with E-state index in [9.17, 15) is 14.7 Å². The van der Waals surface area contributed by atoms with Gasteiger partial charge < -0.3 is 15.3 Å². The molecule has 2 aliphatic heterocycles. The quantitative estimate of drug-likeness (QED) is 0.243. The molecule has 0 bridgehead atoms. The molecule has 0 radical (unpaired) electrons. The summed E-state index contributed by atoms with van der Waals surface area (Å²) in [5.74, 6) is 1.29. The summed E-state index contributed by atoms with van der Waals surface area (Å²) in [7, 11) is 0. The minimum Gasteiger partial charge on any atom is -0.393 e. The minimum absolute atomic E-state index is 0.0169. The number of piperidine rings is 2. The summed E-state index contributed by atoms with van der Waals surface area (Å²) in [6, 6.07) is 10.2. The van der Waals surface area contributed by atoms with Crippen molar-refractivity contribution in [1.82, 2.24) is 20.2 Å². The maximum atomic E-state index is 13.9. The van der Waals surface area contributed by atoms with E-state index in [1.807, 2.05) is 18.2 Å². The molecule has 8 heteroatoms. The number of Topliss-reactive ketones (excluding diaryl/α,β-unsaturated/α-hetero) is 2. The van der Waals surface area contributed by atoms with E-state index in [0.29, 0.717) is 29.7 Å². The molecule has 2 saturated heterocycles. The number of rotatable bonds is 10. The van der Waals surface area contributed by atoms with Crippen LogP contribution in [-0.2, 0) is 12.8 Å². The van der Waals surface area contributed by atoms with Gasteiger partial charge in [-0.2, -0.15) is 0 Å². The fraction of sp³-hybridized carbons (Fsp3) is 0.622. The van der Waals surface area contributed by atoms with Crippen molar-refractivity contribution in [1.29, 1.82) is 0 Å². The standard InChI is InChI=1S/C37H50N4O3S/c1-37(2,3)29-7-8-31-28(21-29)22-32-35(39-31)45-36(40-32)34(44)23-26(11-16-41-17-12-30(42)13-18-41)25-5-4-6-27(20-25)33(43)19-24-9-14-38-15-10-24/h4-6,20,22,24,26,29-30,38,42H,7-19,21,23H2,1-3H3/t26-,29-/m0/s1. The number of hydrogen-bond acceptors (Lipinski definition) is 8. The van der Waals surface area contributed by atoms with Crippen LogP contribution in [0.4, 0.5) is 0 Å². The van der Waals surface area contributed by atoms with Gasteiger partial charge in [-0.15, -0.1) is 0 Å². The molecule has 3 aliphatic rings. The molecular weight excluding hydrogens is 580 g/mol. The number of fused-ring (bicyclic) bond motifs is 2. The summed E-state index contributed by atoms with van der Waals surface area (Å²) >= 11 is 1.43. The van der Waals surface area contributed by atoms with E-state index < -0.39 is 0 Å². The fourth-order valence-corrected chi connectivity index (χ4v) is 8.37. The van der Waals surface area contributed by atoms with E-state index in [0.717, 1.165) is 106 Å². The molecule has 0 unspecified atom stereocenters. The first kappa shape index (κ1) is 32.4. The van der Waals surface area contributed by atoms with Crippen molar-refractivity contribution in [2.24, 2.45) is 17.3 Å². The second-order valence-electron chi connectivity index (χ2n) is 14.9. The summed E-state index contributed by atoms with van der Waals surface area (Å²) in [6.45, 7) is 11.5. The molecular formula is C37H50N4O3S. The van der Waals surface area contributed by atoms with E-state index in [-0.39, 0.29) is 29.0 Å². The van der Waals surface area contributed by atoms with Crippen LogP contribution in [-0.4, -0.2) is 70.4 Å². The van der Waals surface area contributed by atoms with E-state index in [1.165, 1.54) is 22.6 Å². The van der Waals surface area contributed by atoms with Crippen LogP contribution in [0, 0.1) is 17.3 Å². The van der Waals surface area contributed by atoms with Gasteiger partial charge in [-0.1, -0.05) is 50.3 Å². The third kappa shape index (κ3) is 8.07. The van der Waals surface area contributed by atoms with E-state index >= 15 is 0 Å². The van der Waals surface area contributed by atoms with Crippen LogP contribution in [0.1, 0.15) is 115 Å². The van der Waals surface area contributed by atoms with Gasteiger partial charge >= 0.3 is 0 Å². The third-order valence-corrected chi connectivity index (χ3v) is 11.6. The van der Waals surface area contributed by atoms with E-state index in [2.05, 4.69) is 43.1 Å². The maximum absolute atomic E-state index is 13.9. The Morgan fingerprint density at radius 1 is 1.04 bits per heavy atom. The zero-order chi connectivity index (χ0) is 31.6. The number of nitrogens with zero attached hydrogens (tertiary/aromatic N) is 3. The lowest BCUT2D eigenvalue weighted by atomic mass is 9.71. The molecule has 242 valence electrons. The van der Waals surface area contributed by atoms with Gasteiger partial charge in [-0.3, -0.25) is 9.59 Å². The number of aliphatic hydroxyl groups is 1. The number of aryl methyl sites for hydroxylation is 1. The number of carbonyl (C=O) groups is 2. The van der Waals surface area contributed by atoms with Crippen molar-refractivity contribution in [2.75, 3.05) is 32.7 Å². The number of aromatic nitrogens is 2. The molecule has 7 nitrogen and oxygen atoms in total. The van der Waals surface area contributed by atoms with Crippen molar-refractivity contribution in [2.45, 2.75) is 97.0 Å². The molecule has 3 aromatic rings. The lowest BCUT2D eigenvalue weighted by Gasteiger charge is -2.34. The van der Waals surface area contributed by atoms with Crippen molar-refractivity contribution in [3.63, 3.8) is 0 Å². The van der Waals surface area contributed by atoms with Crippen LogP contribution < -0.4 is 5.32 Å². The first-order valence-corrected chi connectivity index (χ1v) is 18.0. The van der Waals surface area contributed by atoms with Gasteiger partial charge in [0.25, 0.3) is 0 Å². The van der Waals surface area contributed by atoms with Crippen LogP contribution in [0.2, 0.25) is 0 Å². The van der Waals surface area contributed by atoms with Gasteiger partial charge in [0.05, 0.1) is 6.10 Å². The van der Waals surface area contributed by atoms with Crippen LogP contribution in [0.25, 0.3) is 10.3 Å². The number of carbonyl (C=O) groups excluding carboxylic acids is 2. The average molecular weight is 631 g/mol. The maximum Gasteiger partial charge on any atom is 0.192 e. The van der Waals surface area contributed by atoms with Gasteiger partial charge in [0.15, 0.2) is 16.6 Å². The van der Waals surface area contributed by atoms with E-state index in [1.54, 1.807) is 0 Å². The molecule has 1 aliphatic carbocycles. The Hall–Kier alpha value is -2.52. The third-order valence-electron chi connectivity index (χ3n) is 10.6. The molecule has 1 aromatic carbocycles. The summed E-state index contributed by atoms with van der Waals surface area (Å²) in [5.41, 5.74) is 5.36. The van der Waals surface area contributed by atoms with Crippen LogP contribution in [0.3, 0.4) is 0 Å². The molecule has 6 rings (SSSR count). The number of benzene rings is 1. The topological polar surface area (TPSA) is 95.4 Å². The summed E-state index contributed by atoms with van der Waals surface area (Å²) < 4.78 is 0. The molecule has 0 saturated carbocycles. The minimum atomic E-state index is -0.209. The summed E-state index contributed by atoms with van der Waals surface area (Å²) in [6.07, 6.45) is 8.39. The largest absolute Gasteiger partial charge is 0.393 e. The highest BCUT2D eigenvalue weighted by Gasteiger charge is 2.30. The molecule has 45 heavy (non-hydrogen) atoms. The number of aliphatic hydroxyl groups excluding tert-OH is 1.